The van der Waals surface area contributed by atoms with E-state index in [0.717, 1.165) is 10.0 Å². The van der Waals surface area contributed by atoms with Crippen LogP contribution in [0, 0.1) is 12.7 Å². The van der Waals surface area contributed by atoms with Crippen molar-refractivity contribution >= 4 is 33.4 Å². The van der Waals surface area contributed by atoms with E-state index in [1.54, 1.807) is 37.3 Å². The van der Waals surface area contributed by atoms with Crippen molar-refractivity contribution in [1.82, 2.24) is 5.32 Å². The van der Waals surface area contributed by atoms with E-state index in [-0.39, 0.29) is 17.8 Å². The Morgan fingerprint density at radius 3 is 2.62 bits per heavy atom. The number of aryl methyl sites for hydroxylation is 1. The molecule has 0 aliphatic heterocycles. The third kappa shape index (κ3) is 3.83. The van der Waals surface area contributed by atoms with Crippen molar-refractivity contribution in [2.45, 2.75) is 19.9 Å². The fourth-order valence-corrected chi connectivity index (χ4v) is 2.31. The van der Waals surface area contributed by atoms with Crippen LogP contribution in [-0.4, -0.2) is 5.91 Å². The maximum atomic E-state index is 13.6. The molecule has 0 aliphatic carbocycles. The first-order chi connectivity index (χ1) is 9.88. The number of amides is 1. The molecule has 0 saturated heterocycles. The summed E-state index contributed by atoms with van der Waals surface area (Å²) in [6.07, 6.45) is 0. The van der Waals surface area contributed by atoms with E-state index < -0.39 is 0 Å². The first-order valence-corrected chi connectivity index (χ1v) is 7.57. The van der Waals surface area contributed by atoms with Gasteiger partial charge in [-0.1, -0.05) is 23.7 Å². The predicted molar refractivity (Wildman–Crippen MR) is 86.2 cm³/mol. The molecule has 1 atom stereocenters. The van der Waals surface area contributed by atoms with Crippen molar-refractivity contribution in [2.24, 2.45) is 0 Å². The third-order valence-corrected chi connectivity index (χ3v) is 4.46. The van der Waals surface area contributed by atoms with Gasteiger partial charge in [0.2, 0.25) is 0 Å². The standard InChI is InChI=1S/C16H14BrClFNO/c1-9-3-4-11(8-15(9)19)10(2)20-16(21)12-5-6-13(17)14(18)7-12/h3-8,10H,1-2H3,(H,20,21). The fraction of sp³-hybridized carbons (Fsp3) is 0.188. The van der Waals surface area contributed by atoms with Gasteiger partial charge >= 0.3 is 0 Å². The van der Waals surface area contributed by atoms with E-state index in [0.29, 0.717) is 16.1 Å². The van der Waals surface area contributed by atoms with Gasteiger partial charge in [0.15, 0.2) is 0 Å². The third-order valence-electron chi connectivity index (χ3n) is 3.23. The summed E-state index contributed by atoms with van der Waals surface area (Å²) in [5, 5.41) is 3.30. The fourth-order valence-electron chi connectivity index (χ4n) is 1.88. The molecule has 2 aromatic rings. The molecule has 0 aromatic heterocycles. The number of hydrogen-bond donors (Lipinski definition) is 1. The Kier molecular flexibility index (Phi) is 5.01. The van der Waals surface area contributed by atoms with Crippen LogP contribution in [-0.2, 0) is 0 Å². The lowest BCUT2D eigenvalue weighted by molar-refractivity contribution is 0.0940. The summed E-state index contributed by atoms with van der Waals surface area (Å²) in [7, 11) is 0. The van der Waals surface area contributed by atoms with Crippen LogP contribution < -0.4 is 5.32 Å². The molecule has 5 heteroatoms. The normalized spacial score (nSPS) is 12.0. The molecule has 0 saturated carbocycles. The second-order valence-corrected chi connectivity index (χ2v) is 6.09. The molecule has 2 nitrogen and oxygen atoms in total. The highest BCUT2D eigenvalue weighted by atomic mass is 79.9. The summed E-state index contributed by atoms with van der Waals surface area (Å²) < 4.78 is 14.3. The zero-order valence-electron chi connectivity index (χ0n) is 11.6. The Labute approximate surface area is 136 Å². The van der Waals surface area contributed by atoms with E-state index in [1.165, 1.54) is 6.07 Å². The van der Waals surface area contributed by atoms with E-state index >= 15 is 0 Å². The number of nitrogens with one attached hydrogen (secondary N) is 1. The van der Waals surface area contributed by atoms with E-state index in [9.17, 15) is 9.18 Å². The van der Waals surface area contributed by atoms with E-state index in [4.69, 9.17) is 11.6 Å². The van der Waals surface area contributed by atoms with Crippen molar-refractivity contribution in [1.29, 1.82) is 0 Å². The van der Waals surface area contributed by atoms with Crippen molar-refractivity contribution < 1.29 is 9.18 Å². The molecule has 1 N–H and O–H groups in total. The second kappa shape index (κ2) is 6.58. The summed E-state index contributed by atoms with van der Waals surface area (Å²) in [4.78, 5) is 12.2. The highest BCUT2D eigenvalue weighted by molar-refractivity contribution is 9.10. The second-order valence-electron chi connectivity index (χ2n) is 4.83. The van der Waals surface area contributed by atoms with Gasteiger partial charge in [-0.25, -0.2) is 4.39 Å². The number of carbonyl (C=O) groups is 1. The van der Waals surface area contributed by atoms with Crippen molar-refractivity contribution in [3.8, 4) is 0 Å². The minimum atomic E-state index is -0.296. The van der Waals surface area contributed by atoms with Crippen LogP contribution in [0.2, 0.25) is 5.02 Å². The Hall–Kier alpha value is -1.39. The van der Waals surface area contributed by atoms with Gasteiger partial charge in [-0.3, -0.25) is 4.79 Å². The lowest BCUT2D eigenvalue weighted by Gasteiger charge is -2.15. The number of halogens is 3. The van der Waals surface area contributed by atoms with Crippen LogP contribution in [0.15, 0.2) is 40.9 Å². The molecule has 0 heterocycles. The molecular weight excluding hydrogens is 357 g/mol. The largest absolute Gasteiger partial charge is 0.346 e. The molecule has 21 heavy (non-hydrogen) atoms. The zero-order chi connectivity index (χ0) is 15.6. The lowest BCUT2D eigenvalue weighted by Crippen LogP contribution is -2.26. The van der Waals surface area contributed by atoms with Gasteiger partial charge in [-0.2, -0.15) is 0 Å². The zero-order valence-corrected chi connectivity index (χ0v) is 13.9. The summed E-state index contributed by atoms with van der Waals surface area (Å²) in [5.41, 5.74) is 1.76. The SMILES string of the molecule is Cc1ccc(C(C)NC(=O)c2ccc(Br)c(Cl)c2)cc1F. The quantitative estimate of drug-likeness (QED) is 0.805. The van der Waals surface area contributed by atoms with Crippen LogP contribution in [0.5, 0.6) is 0 Å². The summed E-state index contributed by atoms with van der Waals surface area (Å²) >= 11 is 9.25. The highest BCUT2D eigenvalue weighted by Gasteiger charge is 2.13. The molecule has 0 fully saturated rings. The maximum Gasteiger partial charge on any atom is 0.251 e. The minimum Gasteiger partial charge on any atom is -0.346 e. The van der Waals surface area contributed by atoms with E-state index in [1.807, 2.05) is 6.92 Å². The Morgan fingerprint density at radius 2 is 2.00 bits per heavy atom. The lowest BCUT2D eigenvalue weighted by atomic mass is 10.1. The van der Waals surface area contributed by atoms with Crippen molar-refractivity contribution in [2.75, 3.05) is 0 Å². The van der Waals surface area contributed by atoms with Gasteiger partial charge < -0.3 is 5.32 Å². The molecule has 0 radical (unpaired) electrons. The van der Waals surface area contributed by atoms with Crippen molar-refractivity contribution in [3.63, 3.8) is 0 Å². The monoisotopic (exact) mass is 369 g/mol. The highest BCUT2D eigenvalue weighted by Crippen LogP contribution is 2.24. The van der Waals surface area contributed by atoms with Gasteiger partial charge in [0.25, 0.3) is 5.91 Å². The number of benzene rings is 2. The molecule has 0 bridgehead atoms. The summed E-state index contributed by atoms with van der Waals surface area (Å²) in [5.74, 6) is -0.529. The summed E-state index contributed by atoms with van der Waals surface area (Å²) in [6, 6.07) is 9.62. The molecule has 1 unspecified atom stereocenters. The van der Waals surface area contributed by atoms with Gasteiger partial charge in [-0.05, 0) is 65.2 Å². The van der Waals surface area contributed by atoms with Crippen molar-refractivity contribution in [3.05, 3.63) is 68.4 Å². The average Bonchev–Trinajstić information content (AvgIpc) is 2.44. The van der Waals surface area contributed by atoms with Gasteiger partial charge in [0.05, 0.1) is 11.1 Å². The Bertz CT molecular complexity index is 690. The molecule has 2 aromatic carbocycles. The van der Waals surface area contributed by atoms with Crippen LogP contribution in [0.4, 0.5) is 4.39 Å². The van der Waals surface area contributed by atoms with Crippen LogP contribution in [0.3, 0.4) is 0 Å². The van der Waals surface area contributed by atoms with Gasteiger partial charge in [0.1, 0.15) is 5.82 Å². The van der Waals surface area contributed by atoms with Crippen LogP contribution in [0.1, 0.15) is 34.5 Å². The number of hydrogen-bond acceptors (Lipinski definition) is 1. The first kappa shape index (κ1) is 16.0. The molecule has 2 rings (SSSR count). The molecule has 1 amide bonds. The Balaban J connectivity index is 2.14. The van der Waals surface area contributed by atoms with Gasteiger partial charge in [0, 0.05) is 10.0 Å². The smallest absolute Gasteiger partial charge is 0.251 e. The number of carbonyl (C=O) groups excluding carboxylic acids is 1. The average molecular weight is 371 g/mol. The van der Waals surface area contributed by atoms with Crippen LogP contribution in [0.25, 0.3) is 0 Å². The van der Waals surface area contributed by atoms with Gasteiger partial charge in [-0.15, -0.1) is 0 Å². The molecule has 0 aliphatic rings. The maximum absolute atomic E-state index is 13.6. The molecular formula is C16H14BrClFNO. The minimum absolute atomic E-state index is 0.252. The Morgan fingerprint density at radius 1 is 1.29 bits per heavy atom. The first-order valence-electron chi connectivity index (χ1n) is 6.40. The van der Waals surface area contributed by atoms with E-state index in [2.05, 4.69) is 21.2 Å². The predicted octanol–water partition coefficient (Wildman–Crippen LogP) is 5.04. The molecule has 0 spiro atoms. The van der Waals surface area contributed by atoms with Crippen LogP contribution >= 0.6 is 27.5 Å². The topological polar surface area (TPSA) is 29.1 Å². The summed E-state index contributed by atoms with van der Waals surface area (Å²) in [6.45, 7) is 3.51. The molecule has 110 valence electrons. The number of rotatable bonds is 3.